The molecule has 0 aromatic carbocycles. The van der Waals surface area contributed by atoms with Crippen LogP contribution in [0.25, 0.3) is 0 Å². The van der Waals surface area contributed by atoms with Crippen LogP contribution in [0.15, 0.2) is 10.6 Å². The highest BCUT2D eigenvalue weighted by molar-refractivity contribution is 5.06. The fourth-order valence-corrected chi connectivity index (χ4v) is 2.44. The second-order valence-electron chi connectivity index (χ2n) is 5.56. The Morgan fingerprint density at radius 3 is 2.55 bits per heavy atom. The first-order valence-corrected chi connectivity index (χ1v) is 7.08. The predicted molar refractivity (Wildman–Crippen MR) is 75.3 cm³/mol. The summed E-state index contributed by atoms with van der Waals surface area (Å²) >= 11 is 0. The van der Waals surface area contributed by atoms with Gasteiger partial charge in [-0.3, -0.25) is 4.90 Å². The second-order valence-corrected chi connectivity index (χ2v) is 5.56. The highest BCUT2D eigenvalue weighted by Crippen LogP contribution is 2.18. The molecule has 2 heterocycles. The number of rotatable bonds is 7. The Labute approximate surface area is 120 Å². The van der Waals surface area contributed by atoms with E-state index in [0.717, 1.165) is 37.6 Å². The zero-order valence-corrected chi connectivity index (χ0v) is 12.8. The van der Waals surface area contributed by atoms with Crippen molar-refractivity contribution in [1.82, 2.24) is 15.4 Å². The number of methoxy groups -OCH3 is 2. The van der Waals surface area contributed by atoms with Crippen LogP contribution in [-0.4, -0.2) is 55.6 Å². The van der Waals surface area contributed by atoms with Gasteiger partial charge in [0.1, 0.15) is 0 Å². The Hall–Kier alpha value is -0.950. The molecule has 6 nitrogen and oxygen atoms in total. The average Bonchev–Trinajstić information content (AvgIpc) is 3.03. The zero-order chi connectivity index (χ0) is 14.5. The zero-order valence-electron chi connectivity index (χ0n) is 12.8. The van der Waals surface area contributed by atoms with Crippen molar-refractivity contribution in [1.29, 1.82) is 0 Å². The summed E-state index contributed by atoms with van der Waals surface area (Å²) in [5.74, 6) is 0.886. The molecular weight excluding hydrogens is 258 g/mol. The molecule has 6 heteroatoms. The van der Waals surface area contributed by atoms with E-state index in [-0.39, 0.29) is 12.2 Å². The first-order chi connectivity index (χ1) is 9.62. The minimum Gasteiger partial charge on any atom is -0.377 e. The number of hydrogen-bond donors (Lipinski definition) is 1. The second kappa shape index (κ2) is 7.17. The van der Waals surface area contributed by atoms with E-state index in [9.17, 15) is 0 Å². The number of nitrogens with zero attached hydrogens (tertiary/aromatic N) is 2. The van der Waals surface area contributed by atoms with E-state index in [1.165, 1.54) is 0 Å². The molecule has 2 unspecified atom stereocenters. The van der Waals surface area contributed by atoms with E-state index in [4.69, 9.17) is 14.0 Å². The molecule has 2 atom stereocenters. The average molecular weight is 283 g/mol. The molecule has 1 aromatic heterocycles. The Morgan fingerprint density at radius 1 is 1.35 bits per heavy atom. The maximum absolute atomic E-state index is 5.43. The van der Waals surface area contributed by atoms with E-state index in [2.05, 4.69) is 29.2 Å². The monoisotopic (exact) mass is 283 g/mol. The van der Waals surface area contributed by atoms with Gasteiger partial charge in [-0.05, 0) is 0 Å². The van der Waals surface area contributed by atoms with Gasteiger partial charge in [-0.1, -0.05) is 19.0 Å². The van der Waals surface area contributed by atoms with Crippen molar-refractivity contribution in [3.8, 4) is 0 Å². The molecule has 2 rings (SSSR count). The van der Waals surface area contributed by atoms with E-state index < -0.39 is 0 Å². The molecule has 1 aliphatic heterocycles. The van der Waals surface area contributed by atoms with Gasteiger partial charge in [-0.15, -0.1) is 0 Å². The molecule has 0 aliphatic carbocycles. The molecule has 1 aliphatic rings. The van der Waals surface area contributed by atoms with Crippen LogP contribution in [0.5, 0.6) is 0 Å². The van der Waals surface area contributed by atoms with Crippen molar-refractivity contribution >= 4 is 0 Å². The van der Waals surface area contributed by atoms with Crippen molar-refractivity contribution in [3.05, 3.63) is 17.5 Å². The molecule has 114 valence electrons. The number of ether oxygens (including phenoxy) is 2. The van der Waals surface area contributed by atoms with Gasteiger partial charge < -0.3 is 19.3 Å². The van der Waals surface area contributed by atoms with Crippen molar-refractivity contribution in [2.75, 3.05) is 27.3 Å². The number of hydrogen-bond acceptors (Lipinski definition) is 6. The quantitative estimate of drug-likeness (QED) is 0.806. The highest BCUT2D eigenvalue weighted by atomic mass is 16.5. The fraction of sp³-hybridized carbons (Fsp3) is 0.786. The lowest BCUT2D eigenvalue weighted by molar-refractivity contribution is -0.00461. The summed E-state index contributed by atoms with van der Waals surface area (Å²) in [4.78, 5) is 2.27. The molecule has 0 bridgehead atoms. The summed E-state index contributed by atoms with van der Waals surface area (Å²) in [7, 11) is 3.45. The van der Waals surface area contributed by atoms with Crippen LogP contribution < -0.4 is 5.32 Å². The van der Waals surface area contributed by atoms with Gasteiger partial charge in [-0.25, -0.2) is 0 Å². The lowest BCUT2D eigenvalue weighted by Crippen LogP contribution is -2.27. The highest BCUT2D eigenvalue weighted by Gasteiger charge is 2.33. The minimum atomic E-state index is 0.130. The van der Waals surface area contributed by atoms with Crippen LogP contribution in [0.3, 0.4) is 0 Å². The van der Waals surface area contributed by atoms with E-state index in [1.807, 2.05) is 6.07 Å². The van der Waals surface area contributed by atoms with Crippen LogP contribution in [0.2, 0.25) is 0 Å². The van der Waals surface area contributed by atoms with E-state index >= 15 is 0 Å². The molecular formula is C14H25N3O3. The third-order valence-electron chi connectivity index (χ3n) is 3.58. The van der Waals surface area contributed by atoms with E-state index in [1.54, 1.807) is 14.2 Å². The van der Waals surface area contributed by atoms with Gasteiger partial charge in [-0.2, -0.15) is 0 Å². The van der Waals surface area contributed by atoms with Crippen LogP contribution in [-0.2, 0) is 22.6 Å². The summed E-state index contributed by atoms with van der Waals surface area (Å²) in [5, 5.41) is 7.41. The summed E-state index contributed by atoms with van der Waals surface area (Å²) in [5.41, 5.74) is 0.944. The lowest BCUT2D eigenvalue weighted by Gasteiger charge is -2.13. The van der Waals surface area contributed by atoms with Crippen LogP contribution in [0.1, 0.15) is 25.3 Å². The van der Waals surface area contributed by atoms with Crippen molar-refractivity contribution in [2.24, 2.45) is 0 Å². The molecule has 20 heavy (non-hydrogen) atoms. The molecule has 1 aromatic rings. The van der Waals surface area contributed by atoms with Gasteiger partial charge in [0, 0.05) is 46.0 Å². The largest absolute Gasteiger partial charge is 0.377 e. The third kappa shape index (κ3) is 4.02. The first kappa shape index (κ1) is 15.4. The van der Waals surface area contributed by atoms with Crippen molar-refractivity contribution < 1.29 is 14.0 Å². The smallest absolute Gasteiger partial charge is 0.151 e. The number of likely N-dealkylation sites (tertiary alicyclic amines) is 1. The Balaban J connectivity index is 1.85. The van der Waals surface area contributed by atoms with Crippen molar-refractivity contribution in [3.63, 3.8) is 0 Å². The van der Waals surface area contributed by atoms with Gasteiger partial charge in [0.25, 0.3) is 0 Å². The molecule has 0 amide bonds. The molecule has 1 fully saturated rings. The van der Waals surface area contributed by atoms with Crippen molar-refractivity contribution in [2.45, 2.75) is 45.2 Å². The topological polar surface area (TPSA) is 59.8 Å². The van der Waals surface area contributed by atoms with Gasteiger partial charge in [0.05, 0.1) is 24.4 Å². The SMILES string of the molecule is COC1CN(Cc2cc(CNC(C)C)no2)CC1OC. The number of aromatic nitrogens is 1. The Bertz CT molecular complexity index is 396. The first-order valence-electron chi connectivity index (χ1n) is 7.08. The maximum Gasteiger partial charge on any atom is 0.151 e. The van der Waals surface area contributed by atoms with Crippen LogP contribution in [0.4, 0.5) is 0 Å². The number of nitrogens with one attached hydrogen (secondary N) is 1. The summed E-state index contributed by atoms with van der Waals surface area (Å²) in [6, 6.07) is 2.45. The summed E-state index contributed by atoms with van der Waals surface area (Å²) in [6.07, 6.45) is 0.259. The lowest BCUT2D eigenvalue weighted by atomic mass is 10.3. The van der Waals surface area contributed by atoms with Crippen LogP contribution in [0, 0.1) is 0 Å². The fourth-order valence-electron chi connectivity index (χ4n) is 2.44. The van der Waals surface area contributed by atoms with Gasteiger partial charge in [0.2, 0.25) is 0 Å². The standard InChI is InChI=1S/C14H25N3O3/c1-10(2)15-6-11-5-12(20-16-11)7-17-8-13(18-3)14(9-17)19-4/h5,10,13-15H,6-9H2,1-4H3. The normalized spacial score (nSPS) is 23.9. The molecule has 0 radical (unpaired) electrons. The summed E-state index contributed by atoms with van der Waals surface area (Å²) in [6.45, 7) is 7.42. The van der Waals surface area contributed by atoms with Gasteiger partial charge in [0.15, 0.2) is 5.76 Å². The van der Waals surface area contributed by atoms with Gasteiger partial charge >= 0.3 is 0 Å². The van der Waals surface area contributed by atoms with Crippen LogP contribution >= 0.6 is 0 Å². The predicted octanol–water partition coefficient (Wildman–Crippen LogP) is 1.02. The molecule has 1 N–H and O–H groups in total. The minimum absolute atomic E-state index is 0.130. The molecule has 0 saturated carbocycles. The van der Waals surface area contributed by atoms with E-state index in [0.29, 0.717) is 6.04 Å². The molecule has 0 spiro atoms. The summed E-state index contributed by atoms with van der Waals surface area (Å²) < 4.78 is 16.2. The third-order valence-corrected chi connectivity index (χ3v) is 3.58. The maximum atomic E-state index is 5.43. The molecule has 1 saturated heterocycles. The Kier molecular flexibility index (Phi) is 5.54. The Morgan fingerprint density at radius 2 is 2.00 bits per heavy atom.